The highest BCUT2D eigenvalue weighted by Crippen LogP contribution is 2.38. The van der Waals surface area contributed by atoms with Crippen LogP contribution in [0.2, 0.25) is 0 Å². The van der Waals surface area contributed by atoms with Gasteiger partial charge in [0, 0.05) is 17.1 Å². The van der Waals surface area contributed by atoms with E-state index >= 15 is 0 Å². The zero-order valence-electron chi connectivity index (χ0n) is 37.1. The molecule has 0 aliphatic carbocycles. The molecule has 66 heavy (non-hydrogen) atoms. The third-order valence-electron chi connectivity index (χ3n) is 12.5. The molecule has 0 saturated heterocycles. The summed E-state index contributed by atoms with van der Waals surface area (Å²) in [6.45, 7) is 5.88. The lowest BCUT2D eigenvalue weighted by molar-refractivity contribution is 1.28. The highest BCUT2D eigenvalue weighted by Gasteiger charge is 2.14. The van der Waals surface area contributed by atoms with Crippen LogP contribution in [0.4, 0.5) is 17.1 Å². The average molecular weight is 844 g/mol. The molecule has 0 heterocycles. The molecule has 0 N–H and O–H groups in total. The normalized spacial score (nSPS) is 11.3. The average Bonchev–Trinajstić information content (AvgIpc) is 3.40. The van der Waals surface area contributed by atoms with Crippen LogP contribution in [0.1, 0.15) is 6.92 Å². The molecule has 1 heteroatoms. The van der Waals surface area contributed by atoms with Crippen LogP contribution in [-0.4, -0.2) is 0 Å². The lowest BCUT2D eigenvalue weighted by Crippen LogP contribution is -2.20. The van der Waals surface area contributed by atoms with Crippen molar-refractivity contribution >= 4 is 51.3 Å². The Morgan fingerprint density at radius 2 is 0.561 bits per heavy atom. The van der Waals surface area contributed by atoms with E-state index < -0.39 is 0 Å². The fourth-order valence-electron chi connectivity index (χ4n) is 8.75. The van der Waals surface area contributed by atoms with Gasteiger partial charge in [-0.2, -0.15) is 0 Å². The van der Waals surface area contributed by atoms with Crippen LogP contribution in [0.15, 0.2) is 261 Å². The smallest absolute Gasteiger partial charge is 0.0462 e. The zero-order chi connectivity index (χ0) is 44.7. The minimum atomic E-state index is 1.10. The van der Waals surface area contributed by atoms with Crippen LogP contribution in [0, 0.1) is 0 Å². The molecule has 0 amide bonds. The second-order valence-electron chi connectivity index (χ2n) is 16.6. The number of nitrogens with zero attached hydrogens (tertiary/aromatic N) is 1. The maximum atomic E-state index is 3.86. The number of hydrogen-bond donors (Lipinski definition) is 0. The molecule has 1 nitrogen and oxygen atoms in total. The van der Waals surface area contributed by atoms with E-state index in [1.807, 2.05) is 25.1 Å². The molecule has 11 aromatic carbocycles. The predicted octanol–water partition coefficient (Wildman–Crippen LogP) is 16.7. The van der Waals surface area contributed by atoms with Crippen LogP contribution >= 0.6 is 0 Å². The van der Waals surface area contributed by atoms with E-state index in [1.54, 1.807) is 0 Å². The van der Waals surface area contributed by atoms with Gasteiger partial charge >= 0.3 is 0 Å². The third-order valence-corrected chi connectivity index (χ3v) is 12.5. The van der Waals surface area contributed by atoms with Crippen LogP contribution in [0.5, 0.6) is 0 Å². The number of anilines is 3. The first-order valence-electron chi connectivity index (χ1n) is 22.6. The topological polar surface area (TPSA) is 3.24 Å². The van der Waals surface area contributed by atoms with Gasteiger partial charge in [0.25, 0.3) is 0 Å². The Hall–Kier alpha value is -8.52. The molecule has 0 spiro atoms. The van der Waals surface area contributed by atoms with Crippen LogP contribution in [0.3, 0.4) is 0 Å². The van der Waals surface area contributed by atoms with Crippen LogP contribution in [0.25, 0.3) is 89.8 Å². The standard InChI is InChI=1S/C56H39N.C9H10/c1-2-8-40(9-3-1)45-26-32-54(33-27-45)57(55-34-28-46(29-35-55)43-14-18-48(19-15-43)52-24-22-41-10-4-6-12-50(41)38-52)56-36-30-47(31-37-56)44-16-20-49(21-17-44)53-25-23-42-11-5-7-13-51(42)39-53;1-3-9-7-5-4-6-8(9)2/h1-39H;3-7H,2H2,1H3/b;9-3-. The largest absolute Gasteiger partial charge is 0.311 e. The van der Waals surface area contributed by atoms with E-state index in [0.29, 0.717) is 0 Å². The zero-order valence-corrected chi connectivity index (χ0v) is 37.1. The first-order valence-corrected chi connectivity index (χ1v) is 22.6. The van der Waals surface area contributed by atoms with Crippen LogP contribution in [-0.2, 0) is 0 Å². The lowest BCUT2D eigenvalue weighted by Gasteiger charge is -2.26. The molecule has 11 rings (SSSR count). The van der Waals surface area contributed by atoms with E-state index in [1.165, 1.54) is 82.4 Å². The van der Waals surface area contributed by atoms with Gasteiger partial charge in [0.15, 0.2) is 0 Å². The van der Waals surface area contributed by atoms with Gasteiger partial charge in [-0.25, -0.2) is 0 Å². The highest BCUT2D eigenvalue weighted by molar-refractivity contribution is 5.89. The molecule has 0 aliphatic rings. The van der Waals surface area contributed by atoms with E-state index in [2.05, 4.69) is 260 Å². The number of rotatable bonds is 8. The van der Waals surface area contributed by atoms with Crippen molar-refractivity contribution in [2.45, 2.75) is 6.92 Å². The molecule has 11 aromatic rings. The summed E-state index contributed by atoms with van der Waals surface area (Å²) >= 11 is 0. The summed E-state index contributed by atoms with van der Waals surface area (Å²) in [4.78, 5) is 2.34. The molecule has 0 unspecified atom stereocenters. The van der Waals surface area contributed by atoms with E-state index in [-0.39, 0.29) is 0 Å². The summed E-state index contributed by atoms with van der Waals surface area (Å²) < 4.78 is 0. The summed E-state index contributed by atoms with van der Waals surface area (Å²) in [6, 6.07) is 93.6. The maximum Gasteiger partial charge on any atom is 0.0462 e. The Bertz CT molecular complexity index is 3330. The maximum absolute atomic E-state index is 3.86. The van der Waals surface area contributed by atoms with Gasteiger partial charge in [0.1, 0.15) is 0 Å². The predicted molar refractivity (Wildman–Crippen MR) is 285 cm³/mol. The van der Waals surface area contributed by atoms with Gasteiger partial charge in [-0.1, -0.05) is 225 Å². The Morgan fingerprint density at radius 1 is 0.273 bits per heavy atom. The summed E-state index contributed by atoms with van der Waals surface area (Å²) in [7, 11) is 0. The Morgan fingerprint density at radius 3 is 0.924 bits per heavy atom. The van der Waals surface area contributed by atoms with Gasteiger partial charge in [0.05, 0.1) is 0 Å². The summed E-state index contributed by atoms with van der Waals surface area (Å²) in [6.07, 6.45) is 2.06. The Labute approximate surface area is 388 Å². The van der Waals surface area contributed by atoms with E-state index in [9.17, 15) is 0 Å². The number of benzene rings is 11. The van der Waals surface area contributed by atoms with Gasteiger partial charge < -0.3 is 4.90 Å². The number of hydrogen-bond acceptors (Lipinski definition) is 1. The van der Waals surface area contributed by atoms with Crippen molar-refractivity contribution in [3.8, 4) is 55.6 Å². The summed E-state index contributed by atoms with van der Waals surface area (Å²) in [5.74, 6) is 0. The monoisotopic (exact) mass is 843 g/mol. The minimum absolute atomic E-state index is 1.10. The molecular weight excluding hydrogens is 795 g/mol. The van der Waals surface area contributed by atoms with E-state index in [4.69, 9.17) is 0 Å². The van der Waals surface area contributed by atoms with Crippen molar-refractivity contribution in [2.24, 2.45) is 0 Å². The van der Waals surface area contributed by atoms with Gasteiger partial charge in [-0.15, -0.1) is 0 Å². The quantitative estimate of drug-likeness (QED) is 0.147. The second kappa shape index (κ2) is 19.1. The second-order valence-corrected chi connectivity index (χ2v) is 16.6. The Kier molecular flexibility index (Phi) is 12.0. The van der Waals surface area contributed by atoms with Crippen molar-refractivity contribution in [3.05, 3.63) is 271 Å². The van der Waals surface area contributed by atoms with Crippen molar-refractivity contribution in [1.29, 1.82) is 0 Å². The van der Waals surface area contributed by atoms with Crippen molar-refractivity contribution in [1.82, 2.24) is 0 Å². The fraction of sp³-hybridized carbons (Fsp3) is 0.0154. The summed E-state index contributed by atoms with van der Waals surface area (Å²) in [5, 5.41) is 7.36. The van der Waals surface area contributed by atoms with Gasteiger partial charge in [0.2, 0.25) is 0 Å². The molecular formula is C65H49N. The van der Waals surface area contributed by atoms with Gasteiger partial charge in [-0.3, -0.25) is 0 Å². The number of fused-ring (bicyclic) bond motifs is 2. The minimum Gasteiger partial charge on any atom is -0.311 e. The summed E-state index contributed by atoms with van der Waals surface area (Å²) in [5.41, 5.74) is 15.4. The van der Waals surface area contributed by atoms with E-state index in [0.717, 1.165) is 22.3 Å². The third kappa shape index (κ3) is 9.11. The molecule has 0 atom stereocenters. The highest BCUT2D eigenvalue weighted by atomic mass is 15.1. The van der Waals surface area contributed by atoms with Crippen molar-refractivity contribution in [2.75, 3.05) is 4.90 Å². The molecule has 0 saturated carbocycles. The molecule has 0 aliphatic heterocycles. The molecule has 0 bridgehead atoms. The molecule has 0 aromatic heterocycles. The van der Waals surface area contributed by atoms with Crippen LogP contribution < -0.4 is 15.3 Å². The van der Waals surface area contributed by atoms with Crippen molar-refractivity contribution < 1.29 is 0 Å². The molecule has 0 fully saturated rings. The first-order chi connectivity index (χ1) is 32.6. The lowest BCUT2D eigenvalue weighted by atomic mass is 9.98. The SMILES string of the molecule is C=c1cccc/c1=C/C.c1ccc(-c2ccc(N(c3ccc(-c4ccc(-c5ccc6ccccc6c5)cc4)cc3)c3ccc(-c4ccc(-c5ccc6ccccc6c5)cc4)cc3)cc2)cc1. The van der Waals surface area contributed by atoms with Gasteiger partial charge in [-0.05, 0) is 143 Å². The fourth-order valence-corrected chi connectivity index (χ4v) is 8.75. The van der Waals surface area contributed by atoms with Crippen molar-refractivity contribution in [3.63, 3.8) is 0 Å². The molecule has 0 radical (unpaired) electrons. The first kappa shape index (κ1) is 41.5. The Balaban J connectivity index is 0.000000511. The molecule has 314 valence electrons.